The number of hydrogen-bond acceptors (Lipinski definition) is 0. The molecule has 0 saturated carbocycles. The normalized spacial score (nSPS) is 12.5. The summed E-state index contributed by atoms with van der Waals surface area (Å²) in [5, 5.41) is 0.356. The molecule has 0 bridgehead atoms. The fraction of sp³-hybridized carbons (Fsp3) is 1.00. The standard InChI is InChI=1S/C4H9Cl.H2O/c1-3-4(2)5;/h4H,3H2,1-2H3;1H2. The smallest absolute Gasteiger partial charge is 0.0305 e. The Morgan fingerprint density at radius 1 is 1.67 bits per heavy atom. The average Bonchev–Trinajstić information content (AvgIpc) is 1.38. The van der Waals surface area contributed by atoms with Crippen LogP contribution in [-0.4, -0.2) is 10.9 Å². The minimum absolute atomic E-state index is 0. The van der Waals surface area contributed by atoms with E-state index in [4.69, 9.17) is 11.6 Å². The lowest BCUT2D eigenvalue weighted by atomic mass is 10.4. The molecule has 2 heteroatoms. The highest BCUT2D eigenvalue weighted by molar-refractivity contribution is 6.20. The maximum absolute atomic E-state index is 5.46. The molecule has 1 nitrogen and oxygen atoms in total. The molecule has 0 aliphatic rings. The molecule has 0 rings (SSSR count). The zero-order valence-electron chi connectivity index (χ0n) is 4.16. The molecule has 0 fully saturated rings. The number of rotatable bonds is 1. The lowest BCUT2D eigenvalue weighted by Gasteiger charge is -1.87. The van der Waals surface area contributed by atoms with Gasteiger partial charge in [-0.3, -0.25) is 0 Å². The summed E-state index contributed by atoms with van der Waals surface area (Å²) in [6.45, 7) is 4.05. The SMILES string of the molecule is CCC(C)Cl.O. The van der Waals surface area contributed by atoms with Crippen LogP contribution < -0.4 is 0 Å². The number of halogens is 1. The van der Waals surface area contributed by atoms with E-state index in [2.05, 4.69) is 6.92 Å². The Bertz CT molecular complexity index is 21.5. The monoisotopic (exact) mass is 110 g/mol. The van der Waals surface area contributed by atoms with E-state index in [1.54, 1.807) is 0 Å². The highest BCUT2D eigenvalue weighted by atomic mass is 35.5. The zero-order valence-corrected chi connectivity index (χ0v) is 4.92. The minimum atomic E-state index is 0. The van der Waals surface area contributed by atoms with Crippen molar-refractivity contribution in [1.29, 1.82) is 0 Å². The lowest BCUT2D eigenvalue weighted by molar-refractivity contribution is 0.824. The van der Waals surface area contributed by atoms with Crippen LogP contribution in [0.1, 0.15) is 20.3 Å². The first kappa shape index (κ1) is 9.54. The molecule has 0 radical (unpaired) electrons. The largest absolute Gasteiger partial charge is 0.412 e. The van der Waals surface area contributed by atoms with E-state index in [9.17, 15) is 0 Å². The molecular formula is C4H11ClO. The van der Waals surface area contributed by atoms with Gasteiger partial charge in [0.1, 0.15) is 0 Å². The van der Waals surface area contributed by atoms with E-state index in [0.717, 1.165) is 6.42 Å². The van der Waals surface area contributed by atoms with Crippen LogP contribution in [0.25, 0.3) is 0 Å². The lowest BCUT2D eigenvalue weighted by Crippen LogP contribution is -1.81. The summed E-state index contributed by atoms with van der Waals surface area (Å²) in [7, 11) is 0. The van der Waals surface area contributed by atoms with Crippen LogP contribution in [0, 0.1) is 0 Å². The van der Waals surface area contributed by atoms with Crippen LogP contribution in [0.2, 0.25) is 0 Å². The van der Waals surface area contributed by atoms with Gasteiger partial charge in [-0.15, -0.1) is 11.6 Å². The summed E-state index contributed by atoms with van der Waals surface area (Å²) >= 11 is 5.46. The van der Waals surface area contributed by atoms with E-state index in [-0.39, 0.29) is 5.48 Å². The molecule has 0 aromatic carbocycles. The van der Waals surface area contributed by atoms with Gasteiger partial charge in [0.25, 0.3) is 0 Å². The highest BCUT2D eigenvalue weighted by Gasteiger charge is 1.83. The second-order valence-corrected chi connectivity index (χ2v) is 1.93. The van der Waals surface area contributed by atoms with Gasteiger partial charge in [-0.2, -0.15) is 0 Å². The van der Waals surface area contributed by atoms with Gasteiger partial charge in [0.15, 0.2) is 0 Å². The van der Waals surface area contributed by atoms with E-state index >= 15 is 0 Å². The molecule has 0 aliphatic carbocycles. The third kappa shape index (κ3) is 8.87. The molecule has 6 heavy (non-hydrogen) atoms. The predicted molar refractivity (Wildman–Crippen MR) is 29.2 cm³/mol. The van der Waals surface area contributed by atoms with Crippen molar-refractivity contribution in [1.82, 2.24) is 0 Å². The Balaban J connectivity index is 0. The Morgan fingerprint density at radius 2 is 1.83 bits per heavy atom. The van der Waals surface area contributed by atoms with Gasteiger partial charge in [-0.1, -0.05) is 6.92 Å². The fourth-order valence-corrected chi connectivity index (χ4v) is 0. The van der Waals surface area contributed by atoms with Crippen molar-refractivity contribution in [3.63, 3.8) is 0 Å². The summed E-state index contributed by atoms with van der Waals surface area (Å²) in [6, 6.07) is 0. The van der Waals surface area contributed by atoms with Gasteiger partial charge in [-0.05, 0) is 13.3 Å². The topological polar surface area (TPSA) is 31.5 Å². The Labute approximate surface area is 43.6 Å². The molecule has 0 saturated heterocycles. The first-order chi connectivity index (χ1) is 2.27. The summed E-state index contributed by atoms with van der Waals surface area (Å²) in [5.41, 5.74) is 0. The van der Waals surface area contributed by atoms with Gasteiger partial charge in [0, 0.05) is 5.38 Å². The van der Waals surface area contributed by atoms with Crippen molar-refractivity contribution in [2.75, 3.05) is 0 Å². The van der Waals surface area contributed by atoms with E-state index in [1.165, 1.54) is 0 Å². The first-order valence-electron chi connectivity index (χ1n) is 1.91. The third-order valence-electron chi connectivity index (χ3n) is 0.563. The highest BCUT2D eigenvalue weighted by Crippen LogP contribution is 1.95. The van der Waals surface area contributed by atoms with Gasteiger partial charge >= 0.3 is 0 Å². The van der Waals surface area contributed by atoms with Crippen LogP contribution in [-0.2, 0) is 0 Å². The van der Waals surface area contributed by atoms with E-state index in [1.807, 2.05) is 6.92 Å². The summed E-state index contributed by atoms with van der Waals surface area (Å²) < 4.78 is 0. The molecule has 0 aromatic rings. The van der Waals surface area contributed by atoms with Crippen LogP contribution >= 0.6 is 11.6 Å². The second-order valence-electron chi connectivity index (χ2n) is 1.19. The maximum Gasteiger partial charge on any atom is 0.0305 e. The Kier molecular flexibility index (Phi) is 8.35. The summed E-state index contributed by atoms with van der Waals surface area (Å²) in [5.74, 6) is 0. The van der Waals surface area contributed by atoms with E-state index < -0.39 is 0 Å². The predicted octanol–water partition coefficient (Wildman–Crippen LogP) is 1.20. The molecule has 0 heterocycles. The molecule has 1 atom stereocenters. The van der Waals surface area contributed by atoms with Crippen molar-refractivity contribution in [3.8, 4) is 0 Å². The van der Waals surface area contributed by atoms with Crippen molar-refractivity contribution in [3.05, 3.63) is 0 Å². The van der Waals surface area contributed by atoms with Crippen LogP contribution in [0.5, 0.6) is 0 Å². The second kappa shape index (κ2) is 5.25. The molecule has 1 unspecified atom stereocenters. The molecular weight excluding hydrogens is 99.5 g/mol. The van der Waals surface area contributed by atoms with Gasteiger partial charge in [0.2, 0.25) is 0 Å². The maximum atomic E-state index is 5.46. The van der Waals surface area contributed by atoms with Crippen LogP contribution in [0.15, 0.2) is 0 Å². The number of hydrogen-bond donors (Lipinski definition) is 0. The molecule has 0 spiro atoms. The fourth-order valence-electron chi connectivity index (χ4n) is 0. The molecule has 2 N–H and O–H groups in total. The van der Waals surface area contributed by atoms with Gasteiger partial charge < -0.3 is 5.48 Å². The Hall–Kier alpha value is 0.250. The molecule has 40 valence electrons. The van der Waals surface area contributed by atoms with Crippen molar-refractivity contribution < 1.29 is 5.48 Å². The van der Waals surface area contributed by atoms with Crippen molar-refractivity contribution in [2.24, 2.45) is 0 Å². The minimum Gasteiger partial charge on any atom is -0.412 e. The van der Waals surface area contributed by atoms with Crippen molar-refractivity contribution >= 4 is 11.6 Å². The first-order valence-corrected chi connectivity index (χ1v) is 2.35. The quantitative estimate of drug-likeness (QED) is 0.455. The van der Waals surface area contributed by atoms with Crippen LogP contribution in [0.4, 0.5) is 0 Å². The van der Waals surface area contributed by atoms with Crippen LogP contribution in [0.3, 0.4) is 0 Å². The van der Waals surface area contributed by atoms with Gasteiger partial charge in [-0.25, -0.2) is 0 Å². The molecule has 0 aliphatic heterocycles. The third-order valence-corrected chi connectivity index (χ3v) is 0.871. The van der Waals surface area contributed by atoms with E-state index in [0.29, 0.717) is 5.38 Å². The summed E-state index contributed by atoms with van der Waals surface area (Å²) in [6.07, 6.45) is 1.07. The Morgan fingerprint density at radius 3 is 1.83 bits per heavy atom. The molecule has 0 aromatic heterocycles. The zero-order chi connectivity index (χ0) is 4.28. The van der Waals surface area contributed by atoms with Crippen molar-refractivity contribution in [2.45, 2.75) is 25.6 Å². The average molecular weight is 111 g/mol. The molecule has 0 amide bonds. The summed E-state index contributed by atoms with van der Waals surface area (Å²) in [4.78, 5) is 0. The number of alkyl halides is 1. The van der Waals surface area contributed by atoms with Gasteiger partial charge in [0.05, 0.1) is 0 Å².